The van der Waals surface area contributed by atoms with Crippen LogP contribution in [0.3, 0.4) is 0 Å². The van der Waals surface area contributed by atoms with Crippen molar-refractivity contribution in [3.8, 4) is 0 Å². The Balaban J connectivity index is 2.19. The summed E-state index contributed by atoms with van der Waals surface area (Å²) in [5.74, 6) is 0. The standard InChI is InChI=1S/C13H23NO9/c15-2-4-1-5(9(18)12(21)8(4)17)14-7-10(19)6(3-16)23-13(22)11(7)20/h1,5-22H,2-3H2. The lowest BCUT2D eigenvalue weighted by Crippen LogP contribution is -2.67. The highest BCUT2D eigenvalue weighted by molar-refractivity contribution is 5.22. The van der Waals surface area contributed by atoms with E-state index in [9.17, 15) is 35.7 Å². The zero-order valence-electron chi connectivity index (χ0n) is 12.2. The van der Waals surface area contributed by atoms with Gasteiger partial charge in [-0.25, -0.2) is 0 Å². The lowest BCUT2D eigenvalue weighted by molar-refractivity contribution is -0.263. The van der Waals surface area contributed by atoms with Crippen molar-refractivity contribution in [3.63, 3.8) is 0 Å². The summed E-state index contributed by atoms with van der Waals surface area (Å²) in [6.45, 7) is -1.15. The second-order valence-electron chi connectivity index (χ2n) is 5.77. The van der Waals surface area contributed by atoms with E-state index in [0.717, 1.165) is 0 Å². The van der Waals surface area contributed by atoms with E-state index in [2.05, 4.69) is 5.32 Å². The fourth-order valence-corrected chi connectivity index (χ4v) is 2.86. The first kappa shape index (κ1) is 18.7. The van der Waals surface area contributed by atoms with Crippen molar-refractivity contribution in [3.05, 3.63) is 11.6 Å². The fourth-order valence-electron chi connectivity index (χ4n) is 2.86. The molecule has 1 aliphatic heterocycles. The molecule has 2 rings (SSSR count). The molecule has 0 aromatic heterocycles. The highest BCUT2D eigenvalue weighted by Gasteiger charge is 2.46. The zero-order valence-corrected chi connectivity index (χ0v) is 12.2. The molecule has 1 aliphatic carbocycles. The van der Waals surface area contributed by atoms with Gasteiger partial charge < -0.3 is 50.9 Å². The highest BCUT2D eigenvalue weighted by atomic mass is 16.6. The highest BCUT2D eigenvalue weighted by Crippen LogP contribution is 2.24. The summed E-state index contributed by atoms with van der Waals surface area (Å²) in [7, 11) is 0. The second-order valence-corrected chi connectivity index (χ2v) is 5.77. The van der Waals surface area contributed by atoms with Crippen molar-refractivity contribution >= 4 is 0 Å². The minimum atomic E-state index is -1.66. The molecule has 9 unspecified atom stereocenters. The monoisotopic (exact) mass is 337 g/mol. The van der Waals surface area contributed by atoms with Crippen molar-refractivity contribution < 1.29 is 45.6 Å². The average molecular weight is 337 g/mol. The predicted molar refractivity (Wildman–Crippen MR) is 73.9 cm³/mol. The van der Waals surface area contributed by atoms with Crippen LogP contribution in [0.5, 0.6) is 0 Å². The first-order valence-corrected chi connectivity index (χ1v) is 7.24. The van der Waals surface area contributed by atoms with Crippen molar-refractivity contribution in [2.24, 2.45) is 0 Å². The molecule has 0 amide bonds. The maximum Gasteiger partial charge on any atom is 0.183 e. The summed E-state index contributed by atoms with van der Waals surface area (Å²) in [5.41, 5.74) is 0.0654. The number of nitrogens with one attached hydrogen (secondary N) is 1. The molecule has 10 nitrogen and oxygen atoms in total. The molecule has 0 radical (unpaired) electrons. The topological polar surface area (TPSA) is 183 Å². The van der Waals surface area contributed by atoms with E-state index in [1.54, 1.807) is 0 Å². The molecule has 9 atom stereocenters. The molecule has 0 aromatic rings. The minimum absolute atomic E-state index is 0.0654. The quantitative estimate of drug-likeness (QED) is 0.225. The molecule has 0 aromatic carbocycles. The van der Waals surface area contributed by atoms with Gasteiger partial charge in [-0.1, -0.05) is 6.08 Å². The molecule has 1 heterocycles. The van der Waals surface area contributed by atoms with E-state index in [-0.39, 0.29) is 5.57 Å². The molecule has 23 heavy (non-hydrogen) atoms. The summed E-state index contributed by atoms with van der Waals surface area (Å²) in [6.07, 6.45) is -8.99. The summed E-state index contributed by atoms with van der Waals surface area (Å²) in [6, 6.07) is -2.20. The normalized spacial score (nSPS) is 48.2. The molecule has 10 heteroatoms. The van der Waals surface area contributed by atoms with Crippen LogP contribution in [-0.4, -0.2) is 109 Å². The van der Waals surface area contributed by atoms with Crippen LogP contribution in [0.15, 0.2) is 11.6 Å². The molecular weight excluding hydrogens is 314 g/mol. The number of rotatable bonds is 4. The van der Waals surface area contributed by atoms with E-state index in [1.807, 2.05) is 0 Å². The van der Waals surface area contributed by atoms with Gasteiger partial charge in [-0.15, -0.1) is 0 Å². The van der Waals surface area contributed by atoms with Gasteiger partial charge in [-0.3, -0.25) is 0 Å². The number of aliphatic hydroxyl groups is 8. The molecule has 1 saturated heterocycles. The van der Waals surface area contributed by atoms with Gasteiger partial charge in [0.25, 0.3) is 0 Å². The Morgan fingerprint density at radius 1 is 0.913 bits per heavy atom. The number of ether oxygens (including phenoxy) is 1. The first-order valence-electron chi connectivity index (χ1n) is 7.24. The van der Waals surface area contributed by atoms with Crippen LogP contribution in [0.1, 0.15) is 0 Å². The van der Waals surface area contributed by atoms with Gasteiger partial charge in [0.2, 0.25) is 0 Å². The van der Waals surface area contributed by atoms with Crippen molar-refractivity contribution in [1.29, 1.82) is 0 Å². The van der Waals surface area contributed by atoms with Gasteiger partial charge in [-0.05, 0) is 5.57 Å². The van der Waals surface area contributed by atoms with Crippen molar-refractivity contribution in [2.75, 3.05) is 13.2 Å². The average Bonchev–Trinajstić information content (AvgIpc) is 2.54. The maximum atomic E-state index is 10.1. The molecular formula is C13H23NO9. The van der Waals surface area contributed by atoms with E-state index >= 15 is 0 Å². The Morgan fingerprint density at radius 3 is 2.13 bits per heavy atom. The van der Waals surface area contributed by atoms with Crippen LogP contribution >= 0.6 is 0 Å². The SMILES string of the molecule is OCC1=CC(NC2C(O)C(O)OC(CO)C2O)C(O)C(O)C1O. The Bertz CT molecular complexity index is 434. The third-order valence-electron chi connectivity index (χ3n) is 4.29. The van der Waals surface area contributed by atoms with E-state index in [4.69, 9.17) is 9.84 Å². The second kappa shape index (κ2) is 7.49. The van der Waals surface area contributed by atoms with Crippen molar-refractivity contribution in [1.82, 2.24) is 5.32 Å². The number of hydrogen-bond acceptors (Lipinski definition) is 10. The van der Waals surface area contributed by atoms with Gasteiger partial charge in [0.1, 0.15) is 36.6 Å². The fraction of sp³-hybridized carbons (Fsp3) is 0.846. The van der Waals surface area contributed by atoms with Crippen molar-refractivity contribution in [2.45, 2.75) is 55.0 Å². The Hall–Kier alpha value is -0.660. The van der Waals surface area contributed by atoms with Gasteiger partial charge >= 0.3 is 0 Å². The molecule has 9 N–H and O–H groups in total. The number of aliphatic hydroxyl groups excluding tert-OH is 8. The minimum Gasteiger partial charge on any atom is -0.394 e. The van der Waals surface area contributed by atoms with Crippen LogP contribution in [-0.2, 0) is 4.74 Å². The third kappa shape index (κ3) is 3.56. The molecule has 2 aliphatic rings. The smallest absolute Gasteiger partial charge is 0.183 e. The Kier molecular flexibility index (Phi) is 6.08. The Labute approximate surface area is 131 Å². The molecule has 0 bridgehead atoms. The summed E-state index contributed by atoms with van der Waals surface area (Å²) >= 11 is 0. The van der Waals surface area contributed by atoms with Gasteiger partial charge in [-0.2, -0.15) is 0 Å². The van der Waals surface area contributed by atoms with Crippen LogP contribution < -0.4 is 5.32 Å². The van der Waals surface area contributed by atoms with Crippen LogP contribution in [0.4, 0.5) is 0 Å². The van der Waals surface area contributed by atoms with Gasteiger partial charge in [0, 0.05) is 0 Å². The lowest BCUT2D eigenvalue weighted by atomic mass is 9.86. The summed E-state index contributed by atoms with van der Waals surface area (Å²) in [4.78, 5) is 0. The maximum absolute atomic E-state index is 10.1. The third-order valence-corrected chi connectivity index (χ3v) is 4.29. The van der Waals surface area contributed by atoms with Crippen LogP contribution in [0, 0.1) is 0 Å². The van der Waals surface area contributed by atoms with E-state index in [0.29, 0.717) is 0 Å². The predicted octanol–water partition coefficient (Wildman–Crippen LogP) is -5.24. The Morgan fingerprint density at radius 2 is 1.57 bits per heavy atom. The molecule has 0 saturated carbocycles. The van der Waals surface area contributed by atoms with Crippen LogP contribution in [0.2, 0.25) is 0 Å². The first-order chi connectivity index (χ1) is 10.8. The summed E-state index contributed by atoms with van der Waals surface area (Å²) in [5, 5.41) is 80.1. The number of hydrogen-bond donors (Lipinski definition) is 9. The molecule has 0 spiro atoms. The zero-order chi connectivity index (χ0) is 17.3. The largest absolute Gasteiger partial charge is 0.394 e. The molecule has 134 valence electrons. The molecule has 1 fully saturated rings. The lowest BCUT2D eigenvalue weighted by Gasteiger charge is -2.44. The van der Waals surface area contributed by atoms with Gasteiger partial charge in [0.15, 0.2) is 6.29 Å². The van der Waals surface area contributed by atoms with Crippen LogP contribution in [0.25, 0.3) is 0 Å². The van der Waals surface area contributed by atoms with E-state index in [1.165, 1.54) is 6.08 Å². The van der Waals surface area contributed by atoms with Gasteiger partial charge in [0.05, 0.1) is 25.3 Å². The summed E-state index contributed by atoms with van der Waals surface area (Å²) < 4.78 is 4.84. The van der Waals surface area contributed by atoms with E-state index < -0.39 is 68.2 Å².